The van der Waals surface area contributed by atoms with Crippen molar-refractivity contribution in [2.45, 2.75) is 25.7 Å². The van der Waals surface area contributed by atoms with Crippen LogP contribution in [0.5, 0.6) is 11.5 Å². The molecule has 0 saturated carbocycles. The van der Waals surface area contributed by atoms with Crippen LogP contribution in [0.25, 0.3) is 6.08 Å². The fourth-order valence-corrected chi connectivity index (χ4v) is 4.45. The van der Waals surface area contributed by atoms with E-state index in [4.69, 9.17) is 9.47 Å². The van der Waals surface area contributed by atoms with E-state index in [-0.39, 0.29) is 11.5 Å². The van der Waals surface area contributed by atoms with E-state index in [9.17, 15) is 14.7 Å². The first-order chi connectivity index (χ1) is 13.0. The van der Waals surface area contributed by atoms with Crippen molar-refractivity contribution in [1.29, 1.82) is 0 Å². The molecule has 0 aliphatic heterocycles. The molecule has 7 heteroatoms. The van der Waals surface area contributed by atoms with Gasteiger partial charge in [-0.05, 0) is 55.0 Å². The van der Waals surface area contributed by atoms with Crippen molar-refractivity contribution in [2.24, 2.45) is 0 Å². The molecule has 1 amide bonds. The highest BCUT2D eigenvalue weighted by atomic mass is 32.1. The second-order valence-electron chi connectivity index (χ2n) is 6.16. The molecule has 3 rings (SSSR count). The van der Waals surface area contributed by atoms with Crippen LogP contribution in [-0.2, 0) is 17.6 Å². The van der Waals surface area contributed by atoms with Crippen molar-refractivity contribution in [3.8, 4) is 11.5 Å². The number of ether oxygens (including phenoxy) is 2. The largest absolute Gasteiger partial charge is 0.493 e. The number of rotatable bonds is 6. The van der Waals surface area contributed by atoms with Gasteiger partial charge < -0.3 is 19.9 Å². The Morgan fingerprint density at radius 2 is 1.89 bits per heavy atom. The number of hydrogen-bond donors (Lipinski definition) is 2. The zero-order valence-electron chi connectivity index (χ0n) is 15.2. The van der Waals surface area contributed by atoms with E-state index in [2.05, 4.69) is 5.32 Å². The Morgan fingerprint density at radius 1 is 1.15 bits per heavy atom. The zero-order chi connectivity index (χ0) is 19.4. The first kappa shape index (κ1) is 19.0. The highest BCUT2D eigenvalue weighted by Crippen LogP contribution is 2.38. The molecule has 1 heterocycles. The number of hydrogen-bond acceptors (Lipinski definition) is 5. The molecule has 27 heavy (non-hydrogen) atoms. The van der Waals surface area contributed by atoms with Gasteiger partial charge in [-0.15, -0.1) is 11.3 Å². The van der Waals surface area contributed by atoms with Crippen LogP contribution in [0.4, 0.5) is 5.00 Å². The van der Waals surface area contributed by atoms with Gasteiger partial charge in [0, 0.05) is 11.0 Å². The fraction of sp³-hybridized carbons (Fsp3) is 0.300. The predicted molar refractivity (Wildman–Crippen MR) is 105 cm³/mol. The van der Waals surface area contributed by atoms with Gasteiger partial charge in [-0.1, -0.05) is 6.07 Å². The smallest absolute Gasteiger partial charge is 0.339 e. The number of amides is 1. The standard InChI is InChI=1S/C20H21NO5S/c1-25-14-9-7-12(11-15(14)26-2)8-10-17(22)21-19-18(20(23)24)13-5-3-4-6-16(13)27-19/h7-11H,3-6H2,1-2H3,(H,21,22)(H,23,24)/b10-8-. The van der Waals surface area contributed by atoms with Crippen molar-refractivity contribution in [3.63, 3.8) is 0 Å². The Kier molecular flexibility index (Phi) is 5.81. The fourth-order valence-electron chi connectivity index (χ4n) is 3.16. The number of methoxy groups -OCH3 is 2. The second-order valence-corrected chi connectivity index (χ2v) is 7.26. The SMILES string of the molecule is COc1ccc(/C=C\C(=O)Nc2sc3c(c2C(=O)O)CCCC3)cc1OC. The van der Waals surface area contributed by atoms with E-state index in [0.717, 1.165) is 41.7 Å². The van der Waals surface area contributed by atoms with E-state index in [1.54, 1.807) is 38.5 Å². The minimum absolute atomic E-state index is 0.238. The topological polar surface area (TPSA) is 84.9 Å². The highest BCUT2D eigenvalue weighted by molar-refractivity contribution is 7.17. The minimum Gasteiger partial charge on any atom is -0.493 e. The maximum Gasteiger partial charge on any atom is 0.339 e. The molecular formula is C20H21NO5S. The van der Waals surface area contributed by atoms with Gasteiger partial charge in [0.05, 0.1) is 19.8 Å². The first-order valence-corrected chi connectivity index (χ1v) is 9.44. The Balaban J connectivity index is 1.77. The molecule has 0 spiro atoms. The molecule has 1 aliphatic carbocycles. The lowest BCUT2D eigenvalue weighted by Crippen LogP contribution is -2.11. The van der Waals surface area contributed by atoms with Crippen LogP contribution in [0.15, 0.2) is 24.3 Å². The molecule has 2 aromatic rings. The van der Waals surface area contributed by atoms with Crippen LogP contribution in [0.2, 0.25) is 0 Å². The van der Waals surface area contributed by atoms with Gasteiger partial charge in [0.1, 0.15) is 5.00 Å². The second kappa shape index (κ2) is 8.26. The summed E-state index contributed by atoms with van der Waals surface area (Å²) in [5.74, 6) is -0.187. The van der Waals surface area contributed by atoms with Crippen molar-refractivity contribution in [1.82, 2.24) is 0 Å². The number of aryl methyl sites for hydroxylation is 1. The maximum atomic E-state index is 12.3. The lowest BCUT2D eigenvalue weighted by atomic mass is 9.95. The molecule has 142 valence electrons. The van der Waals surface area contributed by atoms with E-state index < -0.39 is 5.97 Å². The van der Waals surface area contributed by atoms with E-state index in [0.29, 0.717) is 16.5 Å². The average molecular weight is 387 g/mol. The number of carboxylic acid groups (broad SMARTS) is 1. The normalized spacial score (nSPS) is 13.3. The molecule has 0 saturated heterocycles. The molecule has 0 atom stereocenters. The number of carbonyl (C=O) groups is 2. The summed E-state index contributed by atoms with van der Waals surface area (Å²) in [6.45, 7) is 0. The van der Waals surface area contributed by atoms with E-state index >= 15 is 0 Å². The van der Waals surface area contributed by atoms with Crippen LogP contribution in [0.3, 0.4) is 0 Å². The Hall–Kier alpha value is -2.80. The zero-order valence-corrected chi connectivity index (χ0v) is 16.0. The molecule has 0 radical (unpaired) electrons. The van der Waals surface area contributed by atoms with Gasteiger partial charge in [0.2, 0.25) is 5.91 Å². The number of benzene rings is 1. The molecule has 2 N–H and O–H groups in total. The van der Waals surface area contributed by atoms with Crippen LogP contribution >= 0.6 is 11.3 Å². The van der Waals surface area contributed by atoms with E-state index in [1.165, 1.54) is 17.4 Å². The van der Waals surface area contributed by atoms with Gasteiger partial charge >= 0.3 is 5.97 Å². The molecule has 1 aromatic carbocycles. The van der Waals surface area contributed by atoms with Crippen LogP contribution in [0.1, 0.15) is 39.2 Å². The lowest BCUT2D eigenvalue weighted by molar-refractivity contribution is -0.111. The molecule has 1 aromatic heterocycles. The number of fused-ring (bicyclic) bond motifs is 1. The Morgan fingerprint density at radius 3 is 2.59 bits per heavy atom. The van der Waals surface area contributed by atoms with Crippen molar-refractivity contribution in [3.05, 3.63) is 45.8 Å². The summed E-state index contributed by atoms with van der Waals surface area (Å²) in [4.78, 5) is 25.0. The van der Waals surface area contributed by atoms with Crippen LogP contribution < -0.4 is 14.8 Å². The molecule has 1 aliphatic rings. The van der Waals surface area contributed by atoms with Crippen LogP contribution in [-0.4, -0.2) is 31.2 Å². The third kappa shape index (κ3) is 4.14. The molecule has 0 unspecified atom stereocenters. The minimum atomic E-state index is -0.992. The van der Waals surface area contributed by atoms with E-state index in [1.807, 2.05) is 0 Å². The number of thiophene rings is 1. The summed E-state index contributed by atoms with van der Waals surface area (Å²) in [6.07, 6.45) is 6.69. The highest BCUT2D eigenvalue weighted by Gasteiger charge is 2.25. The summed E-state index contributed by atoms with van der Waals surface area (Å²) in [5.41, 5.74) is 1.88. The summed E-state index contributed by atoms with van der Waals surface area (Å²) >= 11 is 1.37. The van der Waals surface area contributed by atoms with Gasteiger partial charge in [-0.3, -0.25) is 4.79 Å². The third-order valence-corrected chi connectivity index (χ3v) is 5.66. The van der Waals surface area contributed by atoms with Crippen LogP contribution in [0, 0.1) is 0 Å². The number of carboxylic acids is 1. The molecule has 0 fully saturated rings. The number of aromatic carboxylic acids is 1. The monoisotopic (exact) mass is 387 g/mol. The molecule has 6 nitrogen and oxygen atoms in total. The summed E-state index contributed by atoms with van der Waals surface area (Å²) in [5, 5.41) is 12.7. The Bertz CT molecular complexity index is 900. The summed E-state index contributed by atoms with van der Waals surface area (Å²) in [6, 6.07) is 5.32. The average Bonchev–Trinajstić information content (AvgIpc) is 3.03. The maximum absolute atomic E-state index is 12.3. The van der Waals surface area contributed by atoms with Gasteiger partial charge in [0.15, 0.2) is 11.5 Å². The van der Waals surface area contributed by atoms with Crippen molar-refractivity contribution in [2.75, 3.05) is 19.5 Å². The molecular weight excluding hydrogens is 366 g/mol. The van der Waals surface area contributed by atoms with Gasteiger partial charge in [-0.25, -0.2) is 4.79 Å². The predicted octanol–water partition coefficient (Wildman–Crippen LogP) is 3.99. The quantitative estimate of drug-likeness (QED) is 0.732. The summed E-state index contributed by atoms with van der Waals surface area (Å²) < 4.78 is 10.4. The number of anilines is 1. The van der Waals surface area contributed by atoms with Gasteiger partial charge in [0.25, 0.3) is 0 Å². The van der Waals surface area contributed by atoms with Crippen molar-refractivity contribution < 1.29 is 24.2 Å². The first-order valence-electron chi connectivity index (χ1n) is 8.62. The third-order valence-electron chi connectivity index (χ3n) is 4.46. The number of nitrogens with one attached hydrogen (secondary N) is 1. The lowest BCUT2D eigenvalue weighted by Gasteiger charge is -2.10. The summed E-state index contributed by atoms with van der Waals surface area (Å²) in [7, 11) is 3.10. The number of carbonyl (C=O) groups excluding carboxylic acids is 1. The molecule has 0 bridgehead atoms. The Labute approximate surface area is 161 Å². The van der Waals surface area contributed by atoms with Gasteiger partial charge in [-0.2, -0.15) is 0 Å². The van der Waals surface area contributed by atoms with Crippen molar-refractivity contribution >= 4 is 34.3 Å².